The van der Waals surface area contributed by atoms with Gasteiger partial charge in [0.1, 0.15) is 0 Å². The molecule has 0 fully saturated rings. The lowest BCUT2D eigenvalue weighted by Crippen LogP contribution is -2.37. The minimum atomic E-state index is -3.28. The first-order chi connectivity index (χ1) is 5.54. The molecule has 0 aliphatic rings. The van der Waals surface area contributed by atoms with Crippen molar-refractivity contribution in [3.05, 3.63) is 0 Å². The Kier molecular flexibility index (Phi) is 5.39. The number of nitrogens with zero attached hydrogens (tertiary/aromatic N) is 1. The molecule has 0 aromatic heterocycles. The Morgan fingerprint density at radius 2 is 2.08 bits per heavy atom. The van der Waals surface area contributed by atoms with Crippen molar-refractivity contribution in [3.63, 3.8) is 0 Å². The molecule has 0 bridgehead atoms. The summed E-state index contributed by atoms with van der Waals surface area (Å²) in [5, 5.41) is 0. The Balaban J connectivity index is 3.80. The highest BCUT2D eigenvalue weighted by molar-refractivity contribution is 7.87. The van der Waals surface area contributed by atoms with Crippen molar-refractivity contribution in [3.8, 4) is 0 Å². The van der Waals surface area contributed by atoms with Gasteiger partial charge in [0, 0.05) is 27.2 Å². The molecule has 0 saturated heterocycles. The summed E-state index contributed by atoms with van der Waals surface area (Å²) >= 11 is 0. The van der Waals surface area contributed by atoms with E-state index >= 15 is 0 Å². The molecule has 0 saturated carbocycles. The van der Waals surface area contributed by atoms with E-state index in [1.807, 2.05) is 6.92 Å². The second kappa shape index (κ2) is 5.47. The van der Waals surface area contributed by atoms with Crippen LogP contribution in [-0.2, 0) is 14.9 Å². The first-order valence-electron chi connectivity index (χ1n) is 3.77. The topological polar surface area (TPSA) is 58.6 Å². The van der Waals surface area contributed by atoms with Gasteiger partial charge in [-0.1, -0.05) is 0 Å². The Bertz CT molecular complexity index is 203. The van der Waals surface area contributed by atoms with E-state index in [0.29, 0.717) is 19.8 Å². The number of ether oxygens (including phenoxy) is 1. The third kappa shape index (κ3) is 4.01. The van der Waals surface area contributed by atoms with Crippen LogP contribution in [0.25, 0.3) is 0 Å². The zero-order chi connectivity index (χ0) is 9.61. The first-order valence-corrected chi connectivity index (χ1v) is 5.21. The summed E-state index contributed by atoms with van der Waals surface area (Å²) in [4.78, 5) is 0. The predicted molar refractivity (Wildman–Crippen MR) is 47.1 cm³/mol. The molecule has 5 nitrogen and oxygen atoms in total. The van der Waals surface area contributed by atoms with Gasteiger partial charge in [0.2, 0.25) is 0 Å². The second-order valence-corrected chi connectivity index (χ2v) is 4.21. The van der Waals surface area contributed by atoms with Crippen molar-refractivity contribution < 1.29 is 13.2 Å². The van der Waals surface area contributed by atoms with Gasteiger partial charge in [-0.3, -0.25) is 0 Å². The fraction of sp³-hybridized carbons (Fsp3) is 1.00. The standard InChI is InChI=1S/C6H16N2O3S/c1-4-11-6-5-8(3)12(9,10)7-2/h7H,4-6H2,1-3H3. The third-order valence-electron chi connectivity index (χ3n) is 1.42. The summed E-state index contributed by atoms with van der Waals surface area (Å²) in [5.41, 5.74) is 0. The van der Waals surface area contributed by atoms with E-state index in [2.05, 4.69) is 4.72 Å². The fourth-order valence-electron chi connectivity index (χ4n) is 0.613. The Morgan fingerprint density at radius 1 is 1.50 bits per heavy atom. The van der Waals surface area contributed by atoms with Crippen LogP contribution in [0.5, 0.6) is 0 Å². The first kappa shape index (κ1) is 11.8. The van der Waals surface area contributed by atoms with Crippen molar-refractivity contribution >= 4 is 10.2 Å². The summed E-state index contributed by atoms with van der Waals surface area (Å²) < 4.78 is 30.5. The van der Waals surface area contributed by atoms with Gasteiger partial charge in [0.25, 0.3) is 10.2 Å². The van der Waals surface area contributed by atoms with E-state index in [1.54, 1.807) is 0 Å². The van der Waals surface area contributed by atoms with Crippen LogP contribution in [-0.4, -0.2) is 46.6 Å². The third-order valence-corrected chi connectivity index (χ3v) is 2.94. The highest BCUT2D eigenvalue weighted by Crippen LogP contribution is 1.91. The SMILES string of the molecule is CCOCCN(C)S(=O)(=O)NC. The quantitative estimate of drug-likeness (QED) is 0.578. The van der Waals surface area contributed by atoms with Crippen molar-refractivity contribution in [1.29, 1.82) is 0 Å². The molecule has 0 spiro atoms. The number of hydrogen-bond donors (Lipinski definition) is 1. The summed E-state index contributed by atoms with van der Waals surface area (Å²) in [6.45, 7) is 3.27. The molecule has 12 heavy (non-hydrogen) atoms. The molecule has 0 amide bonds. The van der Waals surface area contributed by atoms with Crippen LogP contribution in [0.2, 0.25) is 0 Å². The molecule has 0 heterocycles. The minimum absolute atomic E-state index is 0.372. The van der Waals surface area contributed by atoms with E-state index in [-0.39, 0.29) is 0 Å². The largest absolute Gasteiger partial charge is 0.380 e. The Labute approximate surface area is 73.9 Å². The van der Waals surface area contributed by atoms with Gasteiger partial charge in [-0.25, -0.2) is 4.72 Å². The van der Waals surface area contributed by atoms with Gasteiger partial charge in [-0.15, -0.1) is 0 Å². The van der Waals surface area contributed by atoms with Crippen LogP contribution in [0.4, 0.5) is 0 Å². The molecule has 0 aromatic rings. The normalized spacial score (nSPS) is 12.3. The van der Waals surface area contributed by atoms with E-state index in [0.717, 1.165) is 0 Å². The lowest BCUT2D eigenvalue weighted by atomic mass is 10.7. The van der Waals surface area contributed by atoms with E-state index in [9.17, 15) is 8.42 Å². The fourth-order valence-corrected chi connectivity index (χ4v) is 1.24. The van der Waals surface area contributed by atoms with Gasteiger partial charge in [0.15, 0.2) is 0 Å². The van der Waals surface area contributed by atoms with Crippen molar-refractivity contribution in [2.24, 2.45) is 0 Å². The molecule has 0 aliphatic heterocycles. The van der Waals surface area contributed by atoms with E-state index in [4.69, 9.17) is 4.74 Å². The van der Waals surface area contributed by atoms with Crippen LogP contribution < -0.4 is 4.72 Å². The molecule has 0 rings (SSSR count). The lowest BCUT2D eigenvalue weighted by Gasteiger charge is -2.15. The highest BCUT2D eigenvalue weighted by atomic mass is 32.2. The van der Waals surface area contributed by atoms with Crippen molar-refractivity contribution in [2.75, 3.05) is 33.9 Å². The lowest BCUT2D eigenvalue weighted by molar-refractivity contribution is 0.138. The van der Waals surface area contributed by atoms with Crippen molar-refractivity contribution in [2.45, 2.75) is 6.92 Å². The smallest absolute Gasteiger partial charge is 0.279 e. The van der Waals surface area contributed by atoms with Crippen LogP contribution in [0.15, 0.2) is 0 Å². The molecule has 0 atom stereocenters. The van der Waals surface area contributed by atoms with Crippen LogP contribution in [0.1, 0.15) is 6.92 Å². The average molecular weight is 196 g/mol. The molecule has 74 valence electrons. The number of hydrogen-bond acceptors (Lipinski definition) is 3. The maximum Gasteiger partial charge on any atom is 0.279 e. The maximum absolute atomic E-state index is 11.1. The summed E-state index contributed by atoms with van der Waals surface area (Å²) in [6, 6.07) is 0. The minimum Gasteiger partial charge on any atom is -0.380 e. The average Bonchev–Trinajstić information content (AvgIpc) is 2.05. The second-order valence-electron chi connectivity index (χ2n) is 2.23. The molecule has 0 aromatic carbocycles. The van der Waals surface area contributed by atoms with E-state index < -0.39 is 10.2 Å². The van der Waals surface area contributed by atoms with Crippen LogP contribution in [0.3, 0.4) is 0 Å². The molecular formula is C6H16N2O3S. The summed E-state index contributed by atoms with van der Waals surface area (Å²) in [7, 11) is -0.389. The molecule has 0 radical (unpaired) electrons. The van der Waals surface area contributed by atoms with Crippen LogP contribution >= 0.6 is 0 Å². The van der Waals surface area contributed by atoms with Gasteiger partial charge >= 0.3 is 0 Å². The molecular weight excluding hydrogens is 180 g/mol. The van der Waals surface area contributed by atoms with Crippen molar-refractivity contribution in [1.82, 2.24) is 9.03 Å². The molecule has 6 heteroatoms. The van der Waals surface area contributed by atoms with Gasteiger partial charge in [0.05, 0.1) is 6.61 Å². The van der Waals surface area contributed by atoms with Gasteiger partial charge in [-0.05, 0) is 6.92 Å². The Morgan fingerprint density at radius 3 is 2.50 bits per heavy atom. The van der Waals surface area contributed by atoms with Gasteiger partial charge in [-0.2, -0.15) is 12.7 Å². The van der Waals surface area contributed by atoms with Crippen LogP contribution in [0, 0.1) is 0 Å². The molecule has 1 N–H and O–H groups in total. The number of rotatable bonds is 6. The number of nitrogens with one attached hydrogen (secondary N) is 1. The van der Waals surface area contributed by atoms with E-state index in [1.165, 1.54) is 18.4 Å². The predicted octanol–water partition coefficient (Wildman–Crippen LogP) is -0.581. The van der Waals surface area contributed by atoms with Gasteiger partial charge < -0.3 is 4.74 Å². The molecule has 0 unspecified atom stereocenters. The summed E-state index contributed by atoms with van der Waals surface area (Å²) in [5.74, 6) is 0. The molecule has 0 aliphatic carbocycles. The highest BCUT2D eigenvalue weighted by Gasteiger charge is 2.13. The zero-order valence-electron chi connectivity index (χ0n) is 7.70. The number of likely N-dealkylation sites (N-methyl/N-ethyl adjacent to an activating group) is 1. The monoisotopic (exact) mass is 196 g/mol. The zero-order valence-corrected chi connectivity index (χ0v) is 8.52. The summed E-state index contributed by atoms with van der Waals surface area (Å²) in [6.07, 6.45) is 0. The Hall–Kier alpha value is -0.170. The maximum atomic E-state index is 11.1.